The molecule has 1 aliphatic rings. The predicted molar refractivity (Wildman–Crippen MR) is 116 cm³/mol. The van der Waals surface area contributed by atoms with Crippen LogP contribution in [0.2, 0.25) is 5.02 Å². The smallest absolute Gasteiger partial charge is 0.265 e. The maximum absolute atomic E-state index is 12.7. The molecule has 0 spiro atoms. The summed E-state index contributed by atoms with van der Waals surface area (Å²) in [5.74, 6) is 0.488. The van der Waals surface area contributed by atoms with Crippen LogP contribution in [-0.2, 0) is 4.79 Å². The van der Waals surface area contributed by atoms with Gasteiger partial charge in [0.15, 0.2) is 6.10 Å². The second-order valence-electron chi connectivity index (χ2n) is 7.15. The molecular formula is C22H28ClN3O2. The first kappa shape index (κ1) is 20.5. The van der Waals surface area contributed by atoms with E-state index in [0.717, 1.165) is 49.7 Å². The first-order chi connectivity index (χ1) is 13.5. The number of rotatable bonds is 6. The fraction of sp³-hybridized carbons (Fsp3) is 0.409. The number of nitrogens with one attached hydrogen (secondary N) is 1. The summed E-state index contributed by atoms with van der Waals surface area (Å²) in [5, 5.41) is 3.60. The molecule has 1 amide bonds. The van der Waals surface area contributed by atoms with Crippen LogP contribution in [0, 0.1) is 6.92 Å². The normalized spacial score (nSPS) is 15.9. The number of ether oxygens (including phenoxy) is 1. The van der Waals surface area contributed by atoms with Crippen LogP contribution < -0.4 is 15.0 Å². The highest BCUT2D eigenvalue weighted by atomic mass is 35.5. The molecule has 0 radical (unpaired) electrons. The van der Waals surface area contributed by atoms with E-state index in [0.29, 0.717) is 10.8 Å². The third-order valence-corrected chi connectivity index (χ3v) is 5.28. The molecule has 6 heteroatoms. The largest absolute Gasteiger partial charge is 0.481 e. The maximum Gasteiger partial charge on any atom is 0.265 e. The topological polar surface area (TPSA) is 44.8 Å². The van der Waals surface area contributed by atoms with Crippen LogP contribution in [0.15, 0.2) is 42.5 Å². The number of halogens is 1. The molecule has 2 aromatic rings. The van der Waals surface area contributed by atoms with E-state index in [1.165, 1.54) is 0 Å². The van der Waals surface area contributed by atoms with Gasteiger partial charge in [0, 0.05) is 31.2 Å². The van der Waals surface area contributed by atoms with Crippen LogP contribution in [0.25, 0.3) is 0 Å². The number of likely N-dealkylation sites (N-methyl/N-ethyl adjacent to an activating group) is 1. The second-order valence-corrected chi connectivity index (χ2v) is 7.59. The Hall–Kier alpha value is -2.24. The molecule has 2 aromatic carbocycles. The average molecular weight is 402 g/mol. The minimum Gasteiger partial charge on any atom is -0.481 e. The number of hydrogen-bond donors (Lipinski definition) is 1. The molecule has 1 N–H and O–H groups in total. The summed E-state index contributed by atoms with van der Waals surface area (Å²) in [5.41, 5.74) is 2.81. The van der Waals surface area contributed by atoms with Crippen molar-refractivity contribution in [1.82, 2.24) is 4.90 Å². The molecule has 5 nitrogen and oxygen atoms in total. The van der Waals surface area contributed by atoms with Gasteiger partial charge >= 0.3 is 0 Å². The van der Waals surface area contributed by atoms with Crippen molar-refractivity contribution >= 4 is 28.9 Å². The molecule has 1 heterocycles. The zero-order valence-electron chi connectivity index (χ0n) is 16.7. The summed E-state index contributed by atoms with van der Waals surface area (Å²) in [6.07, 6.45) is -0.620. The summed E-state index contributed by atoms with van der Waals surface area (Å²) >= 11 is 6.20. The number of aryl methyl sites for hydroxylation is 1. The number of carbonyl (C=O) groups excluding carboxylic acids is 1. The van der Waals surface area contributed by atoms with Crippen molar-refractivity contribution in [3.8, 4) is 5.75 Å². The Morgan fingerprint density at radius 3 is 2.61 bits per heavy atom. The van der Waals surface area contributed by atoms with Crippen LogP contribution in [0.4, 0.5) is 11.4 Å². The highest BCUT2D eigenvalue weighted by molar-refractivity contribution is 6.31. The number of anilines is 2. The van der Waals surface area contributed by atoms with Gasteiger partial charge in [0.05, 0.1) is 11.4 Å². The van der Waals surface area contributed by atoms with Crippen molar-refractivity contribution in [2.24, 2.45) is 0 Å². The van der Waals surface area contributed by atoms with Crippen LogP contribution in [0.1, 0.15) is 19.4 Å². The lowest BCUT2D eigenvalue weighted by molar-refractivity contribution is -0.122. The third-order valence-electron chi connectivity index (χ3n) is 5.05. The van der Waals surface area contributed by atoms with E-state index in [2.05, 4.69) is 22.0 Å². The van der Waals surface area contributed by atoms with Gasteiger partial charge in [-0.15, -0.1) is 0 Å². The summed E-state index contributed by atoms with van der Waals surface area (Å²) < 4.78 is 5.81. The Kier molecular flexibility index (Phi) is 6.81. The van der Waals surface area contributed by atoms with Crippen LogP contribution in [0.3, 0.4) is 0 Å². The average Bonchev–Trinajstić information content (AvgIpc) is 2.68. The lowest BCUT2D eigenvalue weighted by Gasteiger charge is -2.36. The number of carbonyl (C=O) groups is 1. The predicted octanol–water partition coefficient (Wildman–Crippen LogP) is 4.20. The molecule has 3 rings (SSSR count). The molecule has 0 aliphatic carbocycles. The number of piperazine rings is 1. The van der Waals surface area contributed by atoms with Crippen LogP contribution >= 0.6 is 11.6 Å². The van der Waals surface area contributed by atoms with E-state index >= 15 is 0 Å². The van der Waals surface area contributed by atoms with E-state index in [1.807, 2.05) is 43.3 Å². The minimum atomic E-state index is -0.620. The lowest BCUT2D eigenvalue weighted by atomic mass is 10.2. The second kappa shape index (κ2) is 9.30. The number of amides is 1. The van der Waals surface area contributed by atoms with Crippen LogP contribution in [0.5, 0.6) is 5.75 Å². The van der Waals surface area contributed by atoms with Crippen LogP contribution in [-0.4, -0.2) is 49.6 Å². The van der Waals surface area contributed by atoms with Gasteiger partial charge in [-0.3, -0.25) is 4.79 Å². The molecule has 1 fully saturated rings. The van der Waals surface area contributed by atoms with E-state index < -0.39 is 6.10 Å². The van der Waals surface area contributed by atoms with Gasteiger partial charge in [-0.2, -0.15) is 0 Å². The Morgan fingerprint density at radius 1 is 1.18 bits per heavy atom. The Labute approximate surface area is 172 Å². The minimum absolute atomic E-state index is 0.197. The quantitative estimate of drug-likeness (QED) is 0.788. The molecule has 1 aliphatic heterocycles. The first-order valence-electron chi connectivity index (χ1n) is 9.77. The molecule has 0 aromatic heterocycles. The Morgan fingerprint density at radius 2 is 1.93 bits per heavy atom. The van der Waals surface area contributed by atoms with Gasteiger partial charge in [-0.25, -0.2) is 0 Å². The summed E-state index contributed by atoms with van der Waals surface area (Å²) in [4.78, 5) is 17.5. The molecule has 0 saturated carbocycles. The van der Waals surface area contributed by atoms with Gasteiger partial charge in [-0.05, 0) is 56.3 Å². The third kappa shape index (κ3) is 5.18. The summed E-state index contributed by atoms with van der Waals surface area (Å²) in [7, 11) is 0. The Bertz CT molecular complexity index is 819. The molecule has 28 heavy (non-hydrogen) atoms. The van der Waals surface area contributed by atoms with Crippen molar-refractivity contribution in [3.63, 3.8) is 0 Å². The van der Waals surface area contributed by atoms with E-state index in [9.17, 15) is 4.79 Å². The van der Waals surface area contributed by atoms with E-state index in [1.54, 1.807) is 13.0 Å². The van der Waals surface area contributed by atoms with Gasteiger partial charge in [-0.1, -0.05) is 30.7 Å². The van der Waals surface area contributed by atoms with Gasteiger partial charge in [0.2, 0.25) is 0 Å². The monoisotopic (exact) mass is 401 g/mol. The lowest BCUT2D eigenvalue weighted by Crippen LogP contribution is -2.46. The first-order valence-corrected chi connectivity index (χ1v) is 10.1. The fourth-order valence-electron chi connectivity index (χ4n) is 3.37. The summed E-state index contributed by atoms with van der Waals surface area (Å²) in [6.45, 7) is 10.9. The van der Waals surface area contributed by atoms with Crippen molar-refractivity contribution in [2.75, 3.05) is 42.9 Å². The summed E-state index contributed by atoms with van der Waals surface area (Å²) in [6, 6.07) is 13.3. The number of nitrogens with zero attached hydrogens (tertiary/aromatic N) is 2. The van der Waals surface area contributed by atoms with Crippen molar-refractivity contribution in [1.29, 1.82) is 0 Å². The molecule has 1 atom stereocenters. The van der Waals surface area contributed by atoms with E-state index in [-0.39, 0.29) is 5.91 Å². The maximum atomic E-state index is 12.7. The van der Waals surface area contributed by atoms with Crippen molar-refractivity contribution in [2.45, 2.75) is 26.9 Å². The van der Waals surface area contributed by atoms with Gasteiger partial charge in [0.1, 0.15) is 5.75 Å². The van der Waals surface area contributed by atoms with Gasteiger partial charge in [0.25, 0.3) is 5.91 Å². The Balaban J connectivity index is 1.70. The van der Waals surface area contributed by atoms with Gasteiger partial charge < -0.3 is 19.9 Å². The molecule has 1 saturated heterocycles. The standard InChI is InChI=1S/C22H28ClN3O2/c1-4-25-10-12-26(13-11-25)21-9-8-18(23)15-20(21)24-22(27)17(3)28-19-7-5-6-16(2)14-19/h5-9,14-15,17H,4,10-13H2,1-3H3,(H,24,27)/t17-/m1/s1. The molecular weight excluding hydrogens is 374 g/mol. The molecule has 0 bridgehead atoms. The highest BCUT2D eigenvalue weighted by Crippen LogP contribution is 2.30. The molecule has 150 valence electrons. The number of benzene rings is 2. The fourth-order valence-corrected chi connectivity index (χ4v) is 3.54. The van der Waals surface area contributed by atoms with Crippen molar-refractivity contribution in [3.05, 3.63) is 53.1 Å². The zero-order valence-corrected chi connectivity index (χ0v) is 17.5. The SMILES string of the molecule is CCN1CCN(c2ccc(Cl)cc2NC(=O)[C@@H](C)Oc2cccc(C)c2)CC1. The van der Waals surface area contributed by atoms with E-state index in [4.69, 9.17) is 16.3 Å². The highest BCUT2D eigenvalue weighted by Gasteiger charge is 2.21. The molecule has 0 unspecified atom stereocenters. The number of hydrogen-bond acceptors (Lipinski definition) is 4. The van der Waals surface area contributed by atoms with Crippen molar-refractivity contribution < 1.29 is 9.53 Å². The zero-order chi connectivity index (χ0) is 20.1.